The summed E-state index contributed by atoms with van der Waals surface area (Å²) in [6.45, 7) is 1.73. The summed E-state index contributed by atoms with van der Waals surface area (Å²) in [6, 6.07) is 11.6. The summed E-state index contributed by atoms with van der Waals surface area (Å²) in [5.74, 6) is 0. The van der Waals surface area contributed by atoms with E-state index >= 15 is 0 Å². The third kappa shape index (κ3) is 1.99. The van der Waals surface area contributed by atoms with Gasteiger partial charge in [-0.3, -0.25) is 4.98 Å². The third-order valence-electron chi connectivity index (χ3n) is 3.03. The minimum absolute atomic E-state index is 0.237. The maximum atomic E-state index is 12.7. The molecule has 0 spiro atoms. The largest absolute Gasteiger partial charge is 0.268 e. The fourth-order valence-electron chi connectivity index (χ4n) is 2.18. The molecule has 3 aromatic rings. The monoisotopic (exact) mass is 306 g/mol. The highest BCUT2D eigenvalue weighted by Crippen LogP contribution is 2.25. The van der Waals surface area contributed by atoms with Gasteiger partial charge in [-0.2, -0.15) is 0 Å². The third-order valence-corrected chi connectivity index (χ3v) is 5.07. The lowest BCUT2D eigenvalue weighted by Crippen LogP contribution is -2.14. The summed E-state index contributed by atoms with van der Waals surface area (Å²) in [7, 11) is -3.65. The number of hydrogen-bond donors (Lipinski definition) is 0. The number of benzene rings is 1. The van der Waals surface area contributed by atoms with Crippen molar-refractivity contribution in [1.82, 2.24) is 8.96 Å². The van der Waals surface area contributed by atoms with Crippen LogP contribution in [0.4, 0.5) is 0 Å². The number of pyridine rings is 1. The zero-order valence-corrected chi connectivity index (χ0v) is 12.2. The molecule has 102 valence electrons. The van der Waals surface area contributed by atoms with E-state index in [-0.39, 0.29) is 4.90 Å². The molecule has 0 unspecified atom stereocenters. The second-order valence-electron chi connectivity index (χ2n) is 4.43. The normalized spacial score (nSPS) is 11.9. The molecule has 0 N–H and O–H groups in total. The molecule has 0 saturated heterocycles. The topological polar surface area (TPSA) is 52.0 Å². The van der Waals surface area contributed by atoms with Crippen LogP contribution in [-0.4, -0.2) is 17.4 Å². The van der Waals surface area contributed by atoms with Crippen molar-refractivity contribution in [3.63, 3.8) is 0 Å². The summed E-state index contributed by atoms with van der Waals surface area (Å²) in [5.41, 5.74) is 1.68. The van der Waals surface area contributed by atoms with Gasteiger partial charge in [-0.05, 0) is 31.2 Å². The van der Waals surface area contributed by atoms with E-state index in [1.165, 1.54) is 10.2 Å². The standard InChI is InChI=1S/C14H11ClN2O2S/c1-10-7-13-14(8-11(15)9-16-13)17(10)20(18,19)12-5-3-2-4-6-12/h2-9H,1H3. The highest BCUT2D eigenvalue weighted by Gasteiger charge is 2.21. The van der Waals surface area contributed by atoms with Gasteiger partial charge in [0.1, 0.15) is 0 Å². The minimum Gasteiger partial charge on any atom is -0.253 e. The first-order chi connectivity index (χ1) is 9.50. The van der Waals surface area contributed by atoms with Crippen LogP contribution in [-0.2, 0) is 10.0 Å². The van der Waals surface area contributed by atoms with E-state index in [2.05, 4.69) is 4.98 Å². The Hall–Kier alpha value is -1.85. The quantitative estimate of drug-likeness (QED) is 0.730. The molecule has 3 rings (SSSR count). The zero-order chi connectivity index (χ0) is 14.3. The number of fused-ring (bicyclic) bond motifs is 1. The smallest absolute Gasteiger partial charge is 0.253 e. The number of rotatable bonds is 2. The van der Waals surface area contributed by atoms with Crippen LogP contribution in [0, 0.1) is 6.92 Å². The van der Waals surface area contributed by atoms with Gasteiger partial charge >= 0.3 is 0 Å². The molecular weight excluding hydrogens is 296 g/mol. The number of aryl methyl sites for hydroxylation is 1. The van der Waals surface area contributed by atoms with E-state index in [4.69, 9.17) is 11.6 Å². The molecule has 0 aliphatic rings. The molecule has 0 aliphatic carbocycles. The molecule has 0 bridgehead atoms. The second kappa shape index (κ2) is 4.61. The lowest BCUT2D eigenvalue weighted by molar-refractivity contribution is 0.588. The van der Waals surface area contributed by atoms with Gasteiger partial charge in [0, 0.05) is 11.9 Å². The Bertz CT molecular complexity index is 886. The molecule has 0 radical (unpaired) electrons. The van der Waals surface area contributed by atoms with Gasteiger partial charge in [-0.1, -0.05) is 29.8 Å². The average Bonchev–Trinajstić information content (AvgIpc) is 2.75. The first kappa shape index (κ1) is 13.1. The van der Waals surface area contributed by atoms with Crippen molar-refractivity contribution in [3.05, 3.63) is 59.4 Å². The van der Waals surface area contributed by atoms with Crippen LogP contribution in [0.25, 0.3) is 11.0 Å². The highest BCUT2D eigenvalue weighted by atomic mass is 35.5. The van der Waals surface area contributed by atoms with Crippen LogP contribution in [0.3, 0.4) is 0 Å². The summed E-state index contributed by atoms with van der Waals surface area (Å²) in [6.07, 6.45) is 1.50. The molecule has 0 fully saturated rings. The molecule has 0 atom stereocenters. The number of nitrogens with zero attached hydrogens (tertiary/aromatic N) is 2. The molecule has 2 aromatic heterocycles. The van der Waals surface area contributed by atoms with E-state index in [9.17, 15) is 8.42 Å². The van der Waals surface area contributed by atoms with Crippen molar-refractivity contribution in [2.75, 3.05) is 0 Å². The molecule has 0 aliphatic heterocycles. The van der Waals surface area contributed by atoms with Gasteiger partial charge in [-0.25, -0.2) is 12.4 Å². The predicted octanol–water partition coefficient (Wildman–Crippen LogP) is 3.24. The van der Waals surface area contributed by atoms with E-state index < -0.39 is 10.0 Å². The highest BCUT2D eigenvalue weighted by molar-refractivity contribution is 7.90. The maximum absolute atomic E-state index is 12.7. The van der Waals surface area contributed by atoms with Gasteiger partial charge in [-0.15, -0.1) is 0 Å². The van der Waals surface area contributed by atoms with Crippen molar-refractivity contribution < 1.29 is 8.42 Å². The Morgan fingerprint density at radius 1 is 1.15 bits per heavy atom. The number of hydrogen-bond acceptors (Lipinski definition) is 3. The maximum Gasteiger partial charge on any atom is 0.268 e. The summed E-state index contributed by atoms with van der Waals surface area (Å²) in [4.78, 5) is 4.39. The Kier molecular flexibility index (Phi) is 3.03. The van der Waals surface area contributed by atoms with Crippen LogP contribution in [0.15, 0.2) is 53.6 Å². The Labute approximate surface area is 121 Å². The second-order valence-corrected chi connectivity index (χ2v) is 6.65. The molecule has 2 heterocycles. The van der Waals surface area contributed by atoms with Gasteiger partial charge in [0.05, 0.1) is 21.0 Å². The van der Waals surface area contributed by atoms with E-state index in [1.54, 1.807) is 49.4 Å². The fourth-order valence-corrected chi connectivity index (χ4v) is 3.88. The molecule has 0 saturated carbocycles. The molecule has 0 amide bonds. The Balaban J connectivity index is 2.35. The number of aromatic nitrogens is 2. The lowest BCUT2D eigenvalue weighted by Gasteiger charge is -2.09. The number of halogens is 1. The van der Waals surface area contributed by atoms with Crippen LogP contribution >= 0.6 is 11.6 Å². The van der Waals surface area contributed by atoms with E-state index in [1.807, 2.05) is 0 Å². The van der Waals surface area contributed by atoms with Gasteiger partial charge < -0.3 is 0 Å². The first-order valence-corrected chi connectivity index (χ1v) is 7.76. The van der Waals surface area contributed by atoms with Crippen LogP contribution in [0.5, 0.6) is 0 Å². The SMILES string of the molecule is Cc1cc2ncc(Cl)cc2n1S(=O)(=O)c1ccccc1. The fraction of sp³-hybridized carbons (Fsp3) is 0.0714. The van der Waals surface area contributed by atoms with Crippen molar-refractivity contribution in [2.24, 2.45) is 0 Å². The predicted molar refractivity (Wildman–Crippen MR) is 78.5 cm³/mol. The van der Waals surface area contributed by atoms with Crippen LogP contribution in [0.1, 0.15) is 5.69 Å². The van der Waals surface area contributed by atoms with Crippen molar-refractivity contribution in [3.8, 4) is 0 Å². The molecule has 20 heavy (non-hydrogen) atoms. The molecule has 6 heteroatoms. The summed E-state index contributed by atoms with van der Waals surface area (Å²) >= 11 is 5.93. The Morgan fingerprint density at radius 3 is 2.55 bits per heavy atom. The molecule has 1 aromatic carbocycles. The minimum atomic E-state index is -3.65. The van der Waals surface area contributed by atoms with Gasteiger partial charge in [0.15, 0.2) is 0 Å². The van der Waals surface area contributed by atoms with Gasteiger partial charge in [0.25, 0.3) is 10.0 Å². The summed E-state index contributed by atoms with van der Waals surface area (Å²) in [5, 5.41) is 0.403. The first-order valence-electron chi connectivity index (χ1n) is 5.94. The van der Waals surface area contributed by atoms with Gasteiger partial charge in [0.2, 0.25) is 0 Å². The van der Waals surface area contributed by atoms with Crippen molar-refractivity contribution in [2.45, 2.75) is 11.8 Å². The van der Waals surface area contributed by atoms with Crippen LogP contribution < -0.4 is 0 Å². The molecule has 4 nitrogen and oxygen atoms in total. The summed E-state index contributed by atoms with van der Waals surface area (Å²) < 4.78 is 26.7. The van der Waals surface area contributed by atoms with E-state index in [0.717, 1.165) is 0 Å². The average molecular weight is 307 g/mol. The van der Waals surface area contributed by atoms with Crippen molar-refractivity contribution >= 4 is 32.7 Å². The molecular formula is C14H11ClN2O2S. The zero-order valence-electron chi connectivity index (χ0n) is 10.6. The van der Waals surface area contributed by atoms with Crippen molar-refractivity contribution in [1.29, 1.82) is 0 Å². The lowest BCUT2D eigenvalue weighted by atomic mass is 10.4. The van der Waals surface area contributed by atoms with Crippen LogP contribution in [0.2, 0.25) is 5.02 Å². The Morgan fingerprint density at radius 2 is 1.85 bits per heavy atom. The van der Waals surface area contributed by atoms with E-state index in [0.29, 0.717) is 21.7 Å².